The van der Waals surface area contributed by atoms with Crippen LogP contribution in [-0.2, 0) is 4.74 Å². The molecule has 0 spiro atoms. The van der Waals surface area contributed by atoms with E-state index in [2.05, 4.69) is 5.32 Å². The van der Waals surface area contributed by atoms with E-state index in [9.17, 15) is 4.79 Å². The Morgan fingerprint density at radius 3 is 2.65 bits per heavy atom. The number of amides is 1. The molecule has 3 nitrogen and oxygen atoms in total. The van der Waals surface area contributed by atoms with Crippen LogP contribution in [-0.4, -0.2) is 37.8 Å². The number of rotatable bonds is 7. The number of hydrogen-bond acceptors (Lipinski definition) is 3. The van der Waals surface area contributed by atoms with Gasteiger partial charge in [-0.25, -0.2) is 0 Å². The molecule has 0 aliphatic rings. The molecule has 0 saturated carbocycles. The normalized spacial score (nSPS) is 10.2. The average molecular weight is 274 g/mol. The van der Waals surface area contributed by atoms with Crippen LogP contribution in [0, 0.1) is 0 Å². The molecular formula is C12H16ClNO2S. The van der Waals surface area contributed by atoms with Crippen molar-refractivity contribution in [3.8, 4) is 0 Å². The van der Waals surface area contributed by atoms with Crippen LogP contribution in [0.1, 0.15) is 10.4 Å². The molecule has 5 heteroatoms. The lowest BCUT2D eigenvalue weighted by Crippen LogP contribution is -2.27. The van der Waals surface area contributed by atoms with Crippen LogP contribution in [0.3, 0.4) is 0 Å². The van der Waals surface area contributed by atoms with Crippen molar-refractivity contribution in [1.29, 1.82) is 0 Å². The molecule has 0 unspecified atom stereocenters. The summed E-state index contributed by atoms with van der Waals surface area (Å²) in [6.07, 6.45) is 2.00. The molecule has 0 atom stereocenters. The zero-order valence-corrected chi connectivity index (χ0v) is 11.3. The summed E-state index contributed by atoms with van der Waals surface area (Å²) < 4.78 is 5.16. The molecule has 0 radical (unpaired) electrons. The fourth-order valence-corrected chi connectivity index (χ4v) is 1.76. The fourth-order valence-electron chi connectivity index (χ4n) is 1.24. The molecule has 0 heterocycles. The second-order valence-corrected chi connectivity index (χ2v) is 4.54. The highest BCUT2D eigenvalue weighted by molar-refractivity contribution is 7.98. The SMILES string of the molecule is CSc1ccc(C(=O)NCCOCCCl)cc1. The number of hydrogen-bond donors (Lipinski definition) is 1. The van der Waals surface area contributed by atoms with Crippen LogP contribution in [0.4, 0.5) is 0 Å². The van der Waals surface area contributed by atoms with E-state index in [4.69, 9.17) is 16.3 Å². The van der Waals surface area contributed by atoms with Gasteiger partial charge < -0.3 is 10.1 Å². The van der Waals surface area contributed by atoms with Crippen molar-refractivity contribution >= 4 is 29.3 Å². The lowest BCUT2D eigenvalue weighted by Gasteiger charge is -2.06. The van der Waals surface area contributed by atoms with Gasteiger partial charge >= 0.3 is 0 Å². The number of carbonyl (C=O) groups is 1. The van der Waals surface area contributed by atoms with E-state index in [1.54, 1.807) is 11.8 Å². The molecule has 0 aliphatic heterocycles. The molecular weight excluding hydrogens is 258 g/mol. The Balaban J connectivity index is 2.31. The van der Waals surface area contributed by atoms with E-state index in [1.165, 1.54) is 0 Å². The average Bonchev–Trinajstić information content (AvgIpc) is 2.38. The van der Waals surface area contributed by atoms with Gasteiger partial charge in [-0.3, -0.25) is 4.79 Å². The Labute approximate surface area is 111 Å². The first kappa shape index (κ1) is 14.4. The Bertz CT molecular complexity index is 343. The molecule has 0 fully saturated rings. The third kappa shape index (κ3) is 5.44. The first-order valence-corrected chi connectivity index (χ1v) is 7.10. The van der Waals surface area contributed by atoms with Crippen molar-refractivity contribution < 1.29 is 9.53 Å². The predicted octanol–water partition coefficient (Wildman–Crippen LogP) is 2.39. The van der Waals surface area contributed by atoms with Crippen LogP contribution < -0.4 is 5.32 Å². The highest BCUT2D eigenvalue weighted by atomic mass is 35.5. The quantitative estimate of drug-likeness (QED) is 0.471. The molecule has 1 amide bonds. The molecule has 1 aromatic rings. The number of nitrogens with one attached hydrogen (secondary N) is 1. The second kappa shape index (κ2) is 8.39. The Morgan fingerprint density at radius 2 is 2.06 bits per heavy atom. The van der Waals surface area contributed by atoms with Gasteiger partial charge in [0.1, 0.15) is 0 Å². The van der Waals surface area contributed by atoms with Gasteiger partial charge in [-0.2, -0.15) is 0 Å². The van der Waals surface area contributed by atoms with Crippen LogP contribution >= 0.6 is 23.4 Å². The minimum atomic E-state index is -0.0767. The number of halogens is 1. The smallest absolute Gasteiger partial charge is 0.251 e. The lowest BCUT2D eigenvalue weighted by atomic mass is 10.2. The summed E-state index contributed by atoms with van der Waals surface area (Å²) in [5.74, 6) is 0.400. The van der Waals surface area contributed by atoms with Crippen LogP contribution in [0.15, 0.2) is 29.2 Å². The molecule has 0 saturated heterocycles. The zero-order chi connectivity index (χ0) is 12.5. The van der Waals surface area contributed by atoms with E-state index < -0.39 is 0 Å². The van der Waals surface area contributed by atoms with Gasteiger partial charge in [0.15, 0.2) is 0 Å². The van der Waals surface area contributed by atoms with Gasteiger partial charge in [0.2, 0.25) is 0 Å². The summed E-state index contributed by atoms with van der Waals surface area (Å²) in [5.41, 5.74) is 0.667. The number of carbonyl (C=O) groups excluding carboxylic acids is 1. The largest absolute Gasteiger partial charge is 0.378 e. The minimum absolute atomic E-state index is 0.0767. The molecule has 17 heavy (non-hydrogen) atoms. The highest BCUT2D eigenvalue weighted by Gasteiger charge is 2.03. The van der Waals surface area contributed by atoms with Gasteiger partial charge in [-0.05, 0) is 30.5 Å². The number of ether oxygens (including phenoxy) is 1. The molecule has 0 aliphatic carbocycles. The van der Waals surface area contributed by atoms with Crippen LogP contribution in [0.2, 0.25) is 0 Å². The van der Waals surface area contributed by atoms with Crippen molar-refractivity contribution in [2.45, 2.75) is 4.90 Å². The molecule has 94 valence electrons. The maximum atomic E-state index is 11.7. The molecule has 0 bridgehead atoms. The first-order chi connectivity index (χ1) is 8.27. The van der Waals surface area contributed by atoms with E-state index in [-0.39, 0.29) is 5.91 Å². The monoisotopic (exact) mass is 273 g/mol. The number of thioether (sulfide) groups is 1. The van der Waals surface area contributed by atoms with Crippen molar-refractivity contribution in [2.75, 3.05) is 31.9 Å². The predicted molar refractivity (Wildman–Crippen MR) is 72.1 cm³/mol. The van der Waals surface area contributed by atoms with E-state index in [0.29, 0.717) is 31.2 Å². The van der Waals surface area contributed by atoms with E-state index in [1.807, 2.05) is 30.5 Å². The second-order valence-electron chi connectivity index (χ2n) is 3.29. The maximum Gasteiger partial charge on any atom is 0.251 e. The molecule has 1 N–H and O–H groups in total. The maximum absolute atomic E-state index is 11.7. The van der Waals surface area contributed by atoms with Crippen LogP contribution in [0.25, 0.3) is 0 Å². The summed E-state index contributed by atoms with van der Waals surface area (Å²) in [6, 6.07) is 7.51. The standard InChI is InChI=1S/C12H16ClNO2S/c1-17-11-4-2-10(3-5-11)12(15)14-7-9-16-8-6-13/h2-5H,6-9H2,1H3,(H,14,15). The van der Waals surface area contributed by atoms with Crippen molar-refractivity contribution in [3.63, 3.8) is 0 Å². The topological polar surface area (TPSA) is 38.3 Å². The van der Waals surface area contributed by atoms with E-state index in [0.717, 1.165) is 4.90 Å². The van der Waals surface area contributed by atoms with Crippen molar-refractivity contribution in [1.82, 2.24) is 5.32 Å². The van der Waals surface area contributed by atoms with Gasteiger partial charge in [0, 0.05) is 22.9 Å². The Hall–Kier alpha value is -0.710. The highest BCUT2D eigenvalue weighted by Crippen LogP contribution is 2.14. The third-order valence-electron chi connectivity index (χ3n) is 2.11. The summed E-state index contributed by atoms with van der Waals surface area (Å²) in [5, 5.41) is 2.78. The van der Waals surface area contributed by atoms with Crippen molar-refractivity contribution in [3.05, 3.63) is 29.8 Å². The van der Waals surface area contributed by atoms with Gasteiger partial charge in [-0.1, -0.05) is 0 Å². The van der Waals surface area contributed by atoms with Crippen molar-refractivity contribution in [2.24, 2.45) is 0 Å². The molecule has 1 aromatic carbocycles. The summed E-state index contributed by atoms with van der Waals surface area (Å²) in [4.78, 5) is 12.8. The Morgan fingerprint density at radius 1 is 1.35 bits per heavy atom. The number of alkyl halides is 1. The Kier molecular flexibility index (Phi) is 7.08. The summed E-state index contributed by atoms with van der Waals surface area (Å²) >= 11 is 7.11. The fraction of sp³-hybridized carbons (Fsp3) is 0.417. The third-order valence-corrected chi connectivity index (χ3v) is 3.00. The lowest BCUT2D eigenvalue weighted by molar-refractivity contribution is 0.0923. The molecule has 1 rings (SSSR count). The summed E-state index contributed by atoms with van der Waals surface area (Å²) in [6.45, 7) is 1.50. The molecule has 0 aromatic heterocycles. The number of benzene rings is 1. The van der Waals surface area contributed by atoms with Gasteiger partial charge in [0.25, 0.3) is 5.91 Å². The van der Waals surface area contributed by atoms with Gasteiger partial charge in [0.05, 0.1) is 13.2 Å². The zero-order valence-electron chi connectivity index (χ0n) is 9.74. The van der Waals surface area contributed by atoms with Crippen LogP contribution in [0.5, 0.6) is 0 Å². The minimum Gasteiger partial charge on any atom is -0.378 e. The van der Waals surface area contributed by atoms with Gasteiger partial charge in [-0.15, -0.1) is 23.4 Å². The summed E-state index contributed by atoms with van der Waals surface area (Å²) in [7, 11) is 0. The first-order valence-electron chi connectivity index (χ1n) is 5.34. The van der Waals surface area contributed by atoms with E-state index >= 15 is 0 Å².